The molecule has 1 atom stereocenters. The summed E-state index contributed by atoms with van der Waals surface area (Å²) in [7, 11) is 1.57. The number of ketones is 1. The van der Waals surface area contributed by atoms with Gasteiger partial charge in [0.25, 0.3) is 0 Å². The molecule has 2 aromatic heterocycles. The Morgan fingerprint density at radius 2 is 2.15 bits per heavy atom. The zero-order valence-corrected chi connectivity index (χ0v) is 14.2. The van der Waals surface area contributed by atoms with Crippen molar-refractivity contribution < 1.29 is 13.9 Å². The number of furan rings is 1. The molecule has 0 saturated carbocycles. The molecule has 0 amide bonds. The monoisotopic (exact) mass is 344 g/mol. The highest BCUT2D eigenvalue weighted by Gasteiger charge is 2.30. The molecule has 26 heavy (non-hydrogen) atoms. The Bertz CT molecular complexity index is 1140. The lowest BCUT2D eigenvalue weighted by atomic mass is 9.96. The molecule has 5 heteroatoms. The van der Waals surface area contributed by atoms with Crippen molar-refractivity contribution in [3.63, 3.8) is 0 Å². The lowest BCUT2D eigenvalue weighted by molar-refractivity contribution is 0.0967. The van der Waals surface area contributed by atoms with Gasteiger partial charge in [-0.1, -0.05) is 24.3 Å². The van der Waals surface area contributed by atoms with Gasteiger partial charge in [-0.25, -0.2) is 4.98 Å². The summed E-state index contributed by atoms with van der Waals surface area (Å²) < 4.78 is 12.9. The number of carbonyl (C=O) groups is 1. The molecule has 0 N–H and O–H groups in total. The first-order chi connectivity index (χ1) is 12.8. The molecule has 0 bridgehead atoms. The van der Waals surface area contributed by atoms with Gasteiger partial charge in [0.2, 0.25) is 0 Å². The van der Waals surface area contributed by atoms with Crippen molar-refractivity contribution in [2.45, 2.75) is 12.5 Å². The van der Waals surface area contributed by atoms with Crippen LogP contribution < -0.4 is 4.74 Å². The molecule has 0 aliphatic carbocycles. The van der Waals surface area contributed by atoms with Gasteiger partial charge in [0.05, 0.1) is 43.2 Å². The number of nitrogens with zero attached hydrogens (tertiary/aromatic N) is 2. The van der Waals surface area contributed by atoms with Crippen LogP contribution in [0.25, 0.3) is 22.2 Å². The number of ether oxygens (including phenoxy) is 1. The predicted molar refractivity (Wildman–Crippen MR) is 97.5 cm³/mol. The minimum Gasteiger partial charge on any atom is -0.496 e. The Morgan fingerprint density at radius 3 is 3.04 bits per heavy atom. The fourth-order valence-corrected chi connectivity index (χ4v) is 3.80. The van der Waals surface area contributed by atoms with Crippen molar-refractivity contribution in [2.24, 2.45) is 0 Å². The lowest BCUT2D eigenvalue weighted by Crippen LogP contribution is -2.12. The normalized spacial score (nSPS) is 15.0. The fraction of sp³-hybridized carbons (Fsp3) is 0.143. The van der Waals surface area contributed by atoms with Crippen molar-refractivity contribution in [1.82, 2.24) is 9.55 Å². The molecule has 0 spiro atoms. The number of carbonyl (C=O) groups excluding carboxylic acids is 1. The summed E-state index contributed by atoms with van der Waals surface area (Å²) in [5.74, 6) is 0.570. The molecule has 1 aliphatic rings. The van der Waals surface area contributed by atoms with E-state index in [1.165, 1.54) is 0 Å². The van der Waals surface area contributed by atoms with Gasteiger partial charge in [-0.05, 0) is 17.7 Å². The van der Waals surface area contributed by atoms with Crippen LogP contribution in [-0.4, -0.2) is 22.4 Å². The standard InChI is InChI=1S/C21H16N2O3/c1-25-21-10-20-13(6-7-26-20)8-16(21)19(24)9-17-14-4-2-3-5-15(14)18-11-22-12-23(17)18/h2-8,10-12,17H,9H2,1H3. The number of hydrogen-bond donors (Lipinski definition) is 0. The highest BCUT2D eigenvalue weighted by molar-refractivity contribution is 6.02. The number of fused-ring (bicyclic) bond motifs is 4. The second-order valence-corrected chi connectivity index (χ2v) is 6.43. The highest BCUT2D eigenvalue weighted by atomic mass is 16.5. The molecule has 4 aromatic rings. The minimum atomic E-state index is -0.0547. The molecule has 1 unspecified atom stereocenters. The Morgan fingerprint density at radius 1 is 1.27 bits per heavy atom. The first-order valence-electron chi connectivity index (χ1n) is 8.46. The van der Waals surface area contributed by atoms with Gasteiger partial charge in [0.1, 0.15) is 11.3 Å². The van der Waals surface area contributed by atoms with Crippen LogP contribution in [0.2, 0.25) is 0 Å². The third kappa shape index (κ3) is 2.10. The van der Waals surface area contributed by atoms with Gasteiger partial charge in [-0.15, -0.1) is 0 Å². The average Bonchev–Trinajstić information content (AvgIpc) is 3.37. The molecule has 3 heterocycles. The zero-order chi connectivity index (χ0) is 17.7. The highest BCUT2D eigenvalue weighted by Crippen LogP contribution is 2.41. The summed E-state index contributed by atoms with van der Waals surface area (Å²) in [6.07, 6.45) is 5.61. The summed E-state index contributed by atoms with van der Waals surface area (Å²) in [6, 6.07) is 13.6. The lowest BCUT2D eigenvalue weighted by Gasteiger charge is -2.15. The number of aromatic nitrogens is 2. The van der Waals surface area contributed by atoms with E-state index in [0.717, 1.165) is 22.2 Å². The minimum absolute atomic E-state index is 0.0336. The van der Waals surface area contributed by atoms with Crippen molar-refractivity contribution in [2.75, 3.05) is 7.11 Å². The van der Waals surface area contributed by atoms with E-state index >= 15 is 0 Å². The Hall–Kier alpha value is -3.34. The van der Waals surface area contributed by atoms with E-state index in [1.807, 2.05) is 30.5 Å². The third-order valence-corrected chi connectivity index (χ3v) is 5.05. The molecule has 5 rings (SSSR count). The van der Waals surface area contributed by atoms with E-state index in [9.17, 15) is 4.79 Å². The number of Topliss-reactive ketones (excluding diaryl/α,β-unsaturated/α-hetero) is 1. The van der Waals surface area contributed by atoms with Gasteiger partial charge in [-0.3, -0.25) is 4.79 Å². The van der Waals surface area contributed by atoms with Crippen LogP contribution in [0.3, 0.4) is 0 Å². The summed E-state index contributed by atoms with van der Waals surface area (Å²) in [5.41, 5.74) is 4.63. The number of hydrogen-bond acceptors (Lipinski definition) is 4. The van der Waals surface area contributed by atoms with Crippen molar-refractivity contribution in [3.05, 3.63) is 72.4 Å². The maximum Gasteiger partial charge on any atom is 0.169 e. The molecular formula is C21H16N2O3. The smallest absolute Gasteiger partial charge is 0.169 e. The van der Waals surface area contributed by atoms with Gasteiger partial charge >= 0.3 is 0 Å². The molecule has 0 saturated heterocycles. The van der Waals surface area contributed by atoms with E-state index in [4.69, 9.17) is 9.15 Å². The third-order valence-electron chi connectivity index (χ3n) is 5.05. The second kappa shape index (κ2) is 5.59. The van der Waals surface area contributed by atoms with E-state index in [0.29, 0.717) is 23.3 Å². The summed E-state index contributed by atoms with van der Waals surface area (Å²) in [5, 5.41) is 0.893. The van der Waals surface area contributed by atoms with Crippen LogP contribution in [0.4, 0.5) is 0 Å². The fourth-order valence-electron chi connectivity index (χ4n) is 3.80. The second-order valence-electron chi connectivity index (χ2n) is 6.43. The number of benzene rings is 2. The number of methoxy groups -OCH3 is 1. The largest absolute Gasteiger partial charge is 0.496 e. The number of rotatable bonds is 4. The molecule has 128 valence electrons. The van der Waals surface area contributed by atoms with E-state index < -0.39 is 0 Å². The first-order valence-corrected chi connectivity index (χ1v) is 8.46. The quantitative estimate of drug-likeness (QED) is 0.512. The molecule has 5 nitrogen and oxygen atoms in total. The Labute approximate surface area is 149 Å². The van der Waals surface area contributed by atoms with E-state index in [2.05, 4.69) is 21.7 Å². The van der Waals surface area contributed by atoms with Gasteiger partial charge in [-0.2, -0.15) is 0 Å². The van der Waals surface area contributed by atoms with Gasteiger partial charge in [0.15, 0.2) is 5.78 Å². The van der Waals surface area contributed by atoms with Crippen LogP contribution in [0.15, 0.2) is 65.7 Å². The SMILES string of the molecule is COc1cc2occc2cc1C(=O)CC1c2ccccc2-c2cncn21. The maximum atomic E-state index is 13.1. The molecule has 0 radical (unpaired) electrons. The summed E-state index contributed by atoms with van der Waals surface area (Å²) in [6.45, 7) is 0. The first kappa shape index (κ1) is 15.0. The van der Waals surface area contributed by atoms with E-state index in [-0.39, 0.29) is 11.8 Å². The van der Waals surface area contributed by atoms with Crippen molar-refractivity contribution in [3.8, 4) is 17.0 Å². The number of imidazole rings is 1. The maximum absolute atomic E-state index is 13.1. The topological polar surface area (TPSA) is 57.3 Å². The molecular weight excluding hydrogens is 328 g/mol. The van der Waals surface area contributed by atoms with E-state index in [1.54, 1.807) is 25.8 Å². The van der Waals surface area contributed by atoms with Crippen molar-refractivity contribution in [1.29, 1.82) is 0 Å². The van der Waals surface area contributed by atoms with Gasteiger partial charge < -0.3 is 13.7 Å². The molecule has 0 fully saturated rings. The van der Waals surface area contributed by atoms with Crippen molar-refractivity contribution >= 4 is 16.8 Å². The summed E-state index contributed by atoms with van der Waals surface area (Å²) >= 11 is 0. The van der Waals surface area contributed by atoms with Crippen LogP contribution in [-0.2, 0) is 0 Å². The molecule has 2 aromatic carbocycles. The zero-order valence-electron chi connectivity index (χ0n) is 14.2. The van der Waals surface area contributed by atoms with Crippen LogP contribution in [0.5, 0.6) is 5.75 Å². The Kier molecular flexibility index (Phi) is 3.22. The average molecular weight is 344 g/mol. The molecule has 1 aliphatic heterocycles. The summed E-state index contributed by atoms with van der Waals surface area (Å²) in [4.78, 5) is 17.4. The van der Waals surface area contributed by atoms with Crippen LogP contribution >= 0.6 is 0 Å². The Balaban J connectivity index is 1.55. The predicted octanol–water partition coefficient (Wildman–Crippen LogP) is 4.48. The van der Waals surface area contributed by atoms with Gasteiger partial charge in [0, 0.05) is 23.4 Å². The van der Waals surface area contributed by atoms with Crippen LogP contribution in [0.1, 0.15) is 28.4 Å². The van der Waals surface area contributed by atoms with Crippen LogP contribution in [0, 0.1) is 0 Å².